The molecule has 0 saturated carbocycles. The lowest BCUT2D eigenvalue weighted by molar-refractivity contribution is 0.0343. The molecule has 178 valence electrons. The van der Waals surface area contributed by atoms with Gasteiger partial charge < -0.3 is 18.9 Å². The van der Waals surface area contributed by atoms with Crippen LogP contribution >= 0.6 is 0 Å². The Labute approximate surface area is 202 Å². The zero-order valence-electron chi connectivity index (χ0n) is 20.4. The molecule has 5 rings (SSSR count). The van der Waals surface area contributed by atoms with Crippen molar-refractivity contribution in [3.8, 4) is 0 Å². The first kappa shape index (κ1) is 23.1. The molecule has 1 amide bonds. The summed E-state index contributed by atoms with van der Waals surface area (Å²) >= 11 is 0. The lowest BCUT2D eigenvalue weighted by atomic mass is 9.74. The Hall–Kier alpha value is -2.64. The minimum Gasteiger partial charge on any atom is -0.450 e. The van der Waals surface area contributed by atoms with E-state index in [9.17, 15) is 4.79 Å². The lowest BCUT2D eigenvalue weighted by Crippen LogP contribution is -2.47. The van der Waals surface area contributed by atoms with E-state index in [0.29, 0.717) is 32.9 Å². The number of pyridine rings is 1. The number of aromatic nitrogens is 1. The monoisotopic (exact) mass is 460 g/mol. The third-order valence-electron chi connectivity index (χ3n) is 6.96. The highest BCUT2D eigenvalue weighted by Crippen LogP contribution is 2.37. The first-order chi connectivity index (χ1) is 16.4. The molecular formula is C27H33BN2O4. The van der Waals surface area contributed by atoms with Crippen LogP contribution in [0.1, 0.15) is 56.0 Å². The van der Waals surface area contributed by atoms with Crippen molar-refractivity contribution in [3.63, 3.8) is 0 Å². The number of carbonyl (C=O) groups excluding carboxylic acids is 1. The van der Waals surface area contributed by atoms with Gasteiger partial charge in [0.25, 0.3) is 0 Å². The standard InChI is InChI=1S/C27H33BN2O4/c1-4-32-26(31)30-14-11-19(12-15-30)24-23-10-9-22(28-33-17-27(2,3)18-34-28)16-21(23)8-7-20-6-5-13-29-25(20)24/h5-6,9-10,13,16H,4,7-8,11-12,14-15,17-18H2,1-3H3. The fourth-order valence-corrected chi connectivity index (χ4v) is 5.14. The molecule has 2 aromatic rings. The maximum atomic E-state index is 12.2. The minimum absolute atomic E-state index is 0.0471. The summed E-state index contributed by atoms with van der Waals surface area (Å²) < 4.78 is 17.3. The predicted molar refractivity (Wildman–Crippen MR) is 133 cm³/mol. The van der Waals surface area contributed by atoms with Crippen molar-refractivity contribution in [2.45, 2.75) is 46.5 Å². The number of likely N-dealkylation sites (tertiary alicyclic amines) is 1. The number of ether oxygens (including phenoxy) is 1. The fraction of sp³-hybridized carbons (Fsp3) is 0.481. The molecule has 0 spiro atoms. The number of benzene rings is 1. The molecule has 2 saturated heterocycles. The van der Waals surface area contributed by atoms with E-state index < -0.39 is 0 Å². The van der Waals surface area contributed by atoms with E-state index in [-0.39, 0.29) is 18.6 Å². The van der Waals surface area contributed by atoms with Crippen LogP contribution < -0.4 is 5.46 Å². The van der Waals surface area contributed by atoms with Crippen LogP contribution in [0.25, 0.3) is 5.57 Å². The summed E-state index contributed by atoms with van der Waals surface area (Å²) in [5.41, 5.74) is 8.65. The SMILES string of the molecule is CCOC(=O)N1CCC(=C2c3ccc(B4OCC(C)(C)CO4)cc3CCc3cccnc32)CC1. The van der Waals surface area contributed by atoms with Crippen molar-refractivity contribution < 1.29 is 18.8 Å². The maximum absolute atomic E-state index is 12.2. The van der Waals surface area contributed by atoms with Crippen molar-refractivity contribution in [2.75, 3.05) is 32.9 Å². The summed E-state index contributed by atoms with van der Waals surface area (Å²) in [6.45, 7) is 9.31. The largest absolute Gasteiger partial charge is 0.493 e. The van der Waals surface area contributed by atoms with E-state index in [4.69, 9.17) is 19.0 Å². The van der Waals surface area contributed by atoms with E-state index >= 15 is 0 Å². The topological polar surface area (TPSA) is 60.9 Å². The number of rotatable bonds is 2. The summed E-state index contributed by atoms with van der Waals surface area (Å²) in [6, 6.07) is 10.8. The normalized spacial score (nSPS) is 19.9. The van der Waals surface area contributed by atoms with Gasteiger partial charge in [-0.05, 0) is 60.8 Å². The first-order valence-electron chi connectivity index (χ1n) is 12.4. The third kappa shape index (κ3) is 4.64. The molecule has 0 atom stereocenters. The van der Waals surface area contributed by atoms with Gasteiger partial charge in [-0.1, -0.05) is 43.7 Å². The molecule has 3 heterocycles. The molecular weight excluding hydrogens is 427 g/mol. The van der Waals surface area contributed by atoms with Gasteiger partial charge in [-0.25, -0.2) is 4.79 Å². The number of carbonyl (C=O) groups is 1. The minimum atomic E-state index is -0.314. The molecule has 34 heavy (non-hydrogen) atoms. The van der Waals surface area contributed by atoms with Crippen LogP contribution in [0, 0.1) is 5.41 Å². The average Bonchev–Trinajstić information content (AvgIpc) is 3.01. The van der Waals surface area contributed by atoms with Gasteiger partial charge >= 0.3 is 13.2 Å². The Morgan fingerprint density at radius 1 is 1.09 bits per heavy atom. The van der Waals surface area contributed by atoms with Crippen LogP contribution in [0.4, 0.5) is 4.79 Å². The van der Waals surface area contributed by atoms with Gasteiger partial charge in [0, 0.05) is 43.5 Å². The number of amides is 1. The van der Waals surface area contributed by atoms with Crippen molar-refractivity contribution in [1.29, 1.82) is 0 Å². The summed E-state index contributed by atoms with van der Waals surface area (Å²) in [6.07, 6.45) is 5.23. The van der Waals surface area contributed by atoms with Crippen molar-refractivity contribution >= 4 is 24.2 Å². The number of aryl methyl sites for hydroxylation is 2. The van der Waals surface area contributed by atoms with Gasteiger partial charge in [0.2, 0.25) is 0 Å². The van der Waals surface area contributed by atoms with E-state index in [1.165, 1.54) is 27.8 Å². The fourth-order valence-electron chi connectivity index (χ4n) is 5.14. The van der Waals surface area contributed by atoms with Crippen LogP contribution in [0.2, 0.25) is 0 Å². The number of piperidine rings is 1. The maximum Gasteiger partial charge on any atom is 0.493 e. The number of fused-ring (bicyclic) bond motifs is 2. The number of hydrogen-bond donors (Lipinski definition) is 0. The average molecular weight is 460 g/mol. The van der Waals surface area contributed by atoms with E-state index in [1.54, 1.807) is 0 Å². The van der Waals surface area contributed by atoms with Crippen LogP contribution in [0.3, 0.4) is 0 Å². The summed E-state index contributed by atoms with van der Waals surface area (Å²) in [5.74, 6) is 0. The van der Waals surface area contributed by atoms with Crippen LogP contribution in [0.15, 0.2) is 42.1 Å². The second kappa shape index (κ2) is 9.55. The highest BCUT2D eigenvalue weighted by Gasteiger charge is 2.34. The van der Waals surface area contributed by atoms with Gasteiger partial charge in [0.1, 0.15) is 0 Å². The number of nitrogens with zero attached hydrogens (tertiary/aromatic N) is 2. The molecule has 6 nitrogen and oxygen atoms in total. The lowest BCUT2D eigenvalue weighted by Gasteiger charge is -2.33. The van der Waals surface area contributed by atoms with Gasteiger partial charge in [0.05, 0.1) is 12.3 Å². The second-order valence-corrected chi connectivity index (χ2v) is 10.2. The summed E-state index contributed by atoms with van der Waals surface area (Å²) in [4.78, 5) is 18.9. The molecule has 2 fully saturated rings. The quantitative estimate of drug-likeness (QED) is 0.635. The van der Waals surface area contributed by atoms with Gasteiger partial charge in [-0.2, -0.15) is 0 Å². The molecule has 7 heteroatoms. The molecule has 3 aliphatic rings. The van der Waals surface area contributed by atoms with Crippen molar-refractivity contribution in [1.82, 2.24) is 9.88 Å². The molecule has 2 aliphatic heterocycles. The van der Waals surface area contributed by atoms with E-state index in [1.807, 2.05) is 24.1 Å². The zero-order valence-corrected chi connectivity index (χ0v) is 20.4. The summed E-state index contributed by atoms with van der Waals surface area (Å²) in [5, 5.41) is 0. The Bertz CT molecular complexity index is 1090. The molecule has 1 aromatic carbocycles. The highest BCUT2D eigenvalue weighted by molar-refractivity contribution is 6.61. The van der Waals surface area contributed by atoms with Gasteiger partial charge in [0.15, 0.2) is 0 Å². The highest BCUT2D eigenvalue weighted by atomic mass is 16.6. The Kier molecular flexibility index (Phi) is 6.49. The zero-order chi connectivity index (χ0) is 23.7. The van der Waals surface area contributed by atoms with E-state index in [0.717, 1.165) is 36.8 Å². The Morgan fingerprint density at radius 3 is 2.56 bits per heavy atom. The van der Waals surface area contributed by atoms with Crippen molar-refractivity contribution in [3.05, 3.63) is 64.5 Å². The van der Waals surface area contributed by atoms with Gasteiger partial charge in [-0.15, -0.1) is 0 Å². The molecule has 1 aromatic heterocycles. The summed E-state index contributed by atoms with van der Waals surface area (Å²) in [7, 11) is -0.314. The van der Waals surface area contributed by atoms with E-state index in [2.05, 4.69) is 38.1 Å². The van der Waals surface area contributed by atoms with Crippen molar-refractivity contribution in [2.24, 2.45) is 5.41 Å². The molecule has 1 aliphatic carbocycles. The van der Waals surface area contributed by atoms with Crippen LogP contribution in [0.5, 0.6) is 0 Å². The van der Waals surface area contributed by atoms with Crippen LogP contribution in [-0.2, 0) is 26.9 Å². The third-order valence-corrected chi connectivity index (χ3v) is 6.96. The molecule has 0 radical (unpaired) electrons. The smallest absolute Gasteiger partial charge is 0.450 e. The molecule has 0 bridgehead atoms. The van der Waals surface area contributed by atoms with Crippen LogP contribution in [-0.4, -0.2) is 56.0 Å². The predicted octanol–water partition coefficient (Wildman–Crippen LogP) is 4.00. The molecule has 0 unspecified atom stereocenters. The Balaban J connectivity index is 1.49. The first-order valence-corrected chi connectivity index (χ1v) is 12.4. The molecule has 0 N–H and O–H groups in total. The number of hydrogen-bond acceptors (Lipinski definition) is 5. The van der Waals surface area contributed by atoms with Gasteiger partial charge in [-0.3, -0.25) is 4.98 Å². The second-order valence-electron chi connectivity index (χ2n) is 10.2. The Morgan fingerprint density at radius 2 is 1.82 bits per heavy atom.